The second-order valence-electron chi connectivity index (χ2n) is 9.70. The van der Waals surface area contributed by atoms with Gasteiger partial charge in [0.15, 0.2) is 0 Å². The van der Waals surface area contributed by atoms with E-state index < -0.39 is 5.60 Å². The van der Waals surface area contributed by atoms with Crippen LogP contribution in [0.25, 0.3) is 22.4 Å². The summed E-state index contributed by atoms with van der Waals surface area (Å²) in [5.41, 5.74) is 16.8. The van der Waals surface area contributed by atoms with Gasteiger partial charge in [-0.1, -0.05) is 47.8 Å². The fourth-order valence-electron chi connectivity index (χ4n) is 4.33. The molecule has 0 radical (unpaired) electrons. The number of benzene rings is 2. The Balaban J connectivity index is 0.000000583. The average Bonchev–Trinajstić information content (AvgIpc) is 2.82. The van der Waals surface area contributed by atoms with E-state index in [1.54, 1.807) is 32.7 Å². The molecular weight excluding hydrogens is 470 g/mol. The average molecular weight is 510 g/mol. The van der Waals surface area contributed by atoms with Crippen molar-refractivity contribution in [2.24, 2.45) is 0 Å². The van der Waals surface area contributed by atoms with E-state index in [2.05, 4.69) is 61.7 Å². The summed E-state index contributed by atoms with van der Waals surface area (Å²) < 4.78 is 2.30. The summed E-state index contributed by atoms with van der Waals surface area (Å²) in [6, 6.07) is 12.5. The van der Waals surface area contributed by atoms with E-state index in [4.69, 9.17) is 20.9 Å². The smallest absolute Gasteiger partial charge is 0.124 e. The van der Waals surface area contributed by atoms with Crippen molar-refractivity contribution in [3.8, 4) is 22.4 Å². The van der Waals surface area contributed by atoms with Crippen LogP contribution in [0.15, 0.2) is 36.4 Å². The highest BCUT2D eigenvalue weighted by molar-refractivity contribution is 7.99. The number of hydrogen-bond donors (Lipinski definition) is 3. The first kappa shape index (κ1) is 29.4. The Morgan fingerprint density at radius 3 is 2.14 bits per heavy atom. The van der Waals surface area contributed by atoms with Gasteiger partial charge >= 0.3 is 0 Å². The van der Waals surface area contributed by atoms with Crippen molar-refractivity contribution in [2.75, 3.05) is 23.4 Å². The van der Waals surface area contributed by atoms with Gasteiger partial charge in [-0.2, -0.15) is 0 Å². The van der Waals surface area contributed by atoms with E-state index >= 15 is 0 Å². The number of aldehydes is 1. The van der Waals surface area contributed by atoms with E-state index in [9.17, 15) is 4.79 Å². The number of nitrogen functional groups attached to an aromatic ring is 1. The van der Waals surface area contributed by atoms with E-state index in [1.165, 1.54) is 11.1 Å². The number of aliphatic hydroxyl groups is 2. The standard InChI is InChI=1S/C24H25N3OS.C4H10O.CH4O/c1-14-5-7-17(8-6-14)21-16(3)22-23-18(9-10-20(25)26-23)13-27(29-4)24(22)15(2)19(21)11-12-28;1-4(2,3)5;1-2/h5-10,12H,11,13H2,1-4H3,(H2,25,26);5H,1-3H3;2H,1H3. The third-order valence-electron chi connectivity index (χ3n) is 5.75. The Labute approximate surface area is 219 Å². The SMILES string of the molecule is CC(C)(C)O.CO.CSN1Cc2ccc(N)nc2-c2c(C)c(-c3ccc(C)cc3)c(CC=O)c(C)c21. The number of carbonyl (C=O) groups is 1. The molecule has 4 rings (SSSR count). The molecule has 2 heterocycles. The first-order valence-corrected chi connectivity index (χ1v) is 13.1. The molecule has 194 valence electrons. The molecule has 3 aromatic rings. The second-order valence-corrected chi connectivity index (χ2v) is 10.5. The Hall–Kier alpha value is -2.87. The van der Waals surface area contributed by atoms with Gasteiger partial charge < -0.3 is 25.0 Å². The van der Waals surface area contributed by atoms with Crippen molar-refractivity contribution in [1.82, 2.24) is 4.98 Å². The molecule has 0 unspecified atom stereocenters. The summed E-state index contributed by atoms with van der Waals surface area (Å²) in [4.78, 5) is 16.3. The fourth-order valence-corrected chi connectivity index (χ4v) is 5.01. The minimum absolute atomic E-state index is 0.391. The van der Waals surface area contributed by atoms with Gasteiger partial charge in [0.05, 0.1) is 23.5 Å². The third-order valence-corrected chi connectivity index (χ3v) is 6.50. The zero-order chi connectivity index (χ0) is 27.2. The largest absolute Gasteiger partial charge is 0.400 e. The number of nitrogens with two attached hydrogens (primary N) is 1. The first-order valence-electron chi connectivity index (χ1n) is 11.9. The van der Waals surface area contributed by atoms with Crippen LogP contribution in [0.1, 0.15) is 48.6 Å². The number of pyridine rings is 1. The van der Waals surface area contributed by atoms with Gasteiger partial charge in [0.1, 0.15) is 12.1 Å². The molecule has 1 aliphatic heterocycles. The highest BCUT2D eigenvalue weighted by Crippen LogP contribution is 2.49. The number of aryl methyl sites for hydroxylation is 1. The highest BCUT2D eigenvalue weighted by Gasteiger charge is 2.30. The minimum atomic E-state index is -0.500. The topological polar surface area (TPSA) is 99.7 Å². The minimum Gasteiger partial charge on any atom is -0.400 e. The molecule has 2 aromatic carbocycles. The number of anilines is 2. The molecule has 1 aromatic heterocycles. The molecular formula is C29H39N3O3S. The molecule has 0 aliphatic carbocycles. The maximum Gasteiger partial charge on any atom is 0.124 e. The van der Waals surface area contributed by atoms with Crippen molar-refractivity contribution >= 4 is 29.7 Å². The Kier molecular flexibility index (Phi) is 10.1. The van der Waals surface area contributed by atoms with Gasteiger partial charge in [-0.05, 0) is 81.0 Å². The number of carbonyl (C=O) groups excluding carboxylic acids is 1. The van der Waals surface area contributed by atoms with E-state index in [0.29, 0.717) is 12.2 Å². The van der Waals surface area contributed by atoms with Gasteiger partial charge in [0.2, 0.25) is 0 Å². The van der Waals surface area contributed by atoms with Crippen molar-refractivity contribution in [3.63, 3.8) is 0 Å². The van der Waals surface area contributed by atoms with Crippen molar-refractivity contribution in [2.45, 2.75) is 60.1 Å². The van der Waals surface area contributed by atoms with Gasteiger partial charge in [0, 0.05) is 25.3 Å². The summed E-state index contributed by atoms with van der Waals surface area (Å²) in [7, 11) is 1.00. The van der Waals surface area contributed by atoms with Gasteiger partial charge in [-0.3, -0.25) is 0 Å². The molecule has 0 atom stereocenters. The number of aliphatic hydroxyl groups excluding tert-OH is 1. The number of rotatable bonds is 4. The zero-order valence-corrected chi connectivity index (χ0v) is 23.5. The van der Waals surface area contributed by atoms with Crippen LogP contribution >= 0.6 is 11.9 Å². The molecule has 7 heteroatoms. The molecule has 36 heavy (non-hydrogen) atoms. The van der Waals surface area contributed by atoms with Crippen LogP contribution < -0.4 is 10.0 Å². The maximum absolute atomic E-state index is 11.6. The lowest BCUT2D eigenvalue weighted by atomic mass is 9.82. The van der Waals surface area contributed by atoms with Crippen molar-refractivity contribution in [1.29, 1.82) is 0 Å². The Bertz CT molecular complexity index is 1200. The third kappa shape index (κ3) is 6.66. The van der Waals surface area contributed by atoms with Crippen LogP contribution in [0.4, 0.5) is 11.5 Å². The zero-order valence-electron chi connectivity index (χ0n) is 22.6. The molecule has 6 nitrogen and oxygen atoms in total. The quantitative estimate of drug-likeness (QED) is 0.309. The predicted octanol–water partition coefficient (Wildman–Crippen LogP) is 5.65. The summed E-state index contributed by atoms with van der Waals surface area (Å²) in [5, 5.41) is 15.5. The van der Waals surface area contributed by atoms with E-state index in [-0.39, 0.29) is 0 Å². The molecule has 0 bridgehead atoms. The monoisotopic (exact) mass is 509 g/mol. The van der Waals surface area contributed by atoms with Crippen molar-refractivity contribution < 1.29 is 15.0 Å². The molecule has 0 spiro atoms. The summed E-state index contributed by atoms with van der Waals surface area (Å²) in [6.07, 6.45) is 3.48. The van der Waals surface area contributed by atoms with Gasteiger partial charge in [-0.15, -0.1) is 0 Å². The lowest BCUT2D eigenvalue weighted by Gasteiger charge is -2.35. The first-order chi connectivity index (χ1) is 17.0. The van der Waals surface area contributed by atoms with Crippen LogP contribution in [0.3, 0.4) is 0 Å². The molecule has 4 N–H and O–H groups in total. The molecule has 0 saturated carbocycles. The highest BCUT2D eigenvalue weighted by atomic mass is 32.2. The molecule has 0 fully saturated rings. The normalized spacial score (nSPS) is 11.9. The lowest BCUT2D eigenvalue weighted by molar-refractivity contribution is -0.107. The van der Waals surface area contributed by atoms with Gasteiger partial charge in [-0.25, -0.2) is 4.98 Å². The van der Waals surface area contributed by atoms with Crippen LogP contribution in [0, 0.1) is 20.8 Å². The van der Waals surface area contributed by atoms with Crippen molar-refractivity contribution in [3.05, 3.63) is 64.2 Å². The van der Waals surface area contributed by atoms with Gasteiger partial charge in [0.25, 0.3) is 0 Å². The number of nitrogens with zero attached hydrogens (tertiary/aromatic N) is 2. The van der Waals surface area contributed by atoms with E-state index in [0.717, 1.165) is 64.7 Å². The van der Waals surface area contributed by atoms with Crippen LogP contribution in [0.5, 0.6) is 0 Å². The summed E-state index contributed by atoms with van der Waals surface area (Å²) >= 11 is 1.70. The number of aromatic nitrogens is 1. The lowest BCUT2D eigenvalue weighted by Crippen LogP contribution is -2.23. The Morgan fingerprint density at radius 1 is 1.03 bits per heavy atom. The maximum atomic E-state index is 11.6. The van der Waals surface area contributed by atoms with Crippen LogP contribution in [-0.4, -0.2) is 40.4 Å². The fraction of sp³-hybridized carbons (Fsp3) is 0.379. The Morgan fingerprint density at radius 2 is 1.61 bits per heavy atom. The predicted molar refractivity (Wildman–Crippen MR) is 153 cm³/mol. The van der Waals surface area contributed by atoms with Crippen LogP contribution in [-0.2, 0) is 17.8 Å². The molecule has 0 amide bonds. The summed E-state index contributed by atoms with van der Waals surface area (Å²) in [5.74, 6) is 0.526. The number of hydrogen-bond acceptors (Lipinski definition) is 7. The second kappa shape index (κ2) is 12.4. The summed E-state index contributed by atoms with van der Waals surface area (Å²) in [6.45, 7) is 12.3. The molecule has 0 saturated heterocycles. The molecule has 1 aliphatic rings. The van der Waals surface area contributed by atoms with Crippen LogP contribution in [0.2, 0.25) is 0 Å². The number of fused-ring (bicyclic) bond motifs is 3. The van der Waals surface area contributed by atoms with E-state index in [1.807, 2.05) is 6.07 Å².